The van der Waals surface area contributed by atoms with Crippen molar-refractivity contribution in [2.24, 2.45) is 0 Å². The first-order valence-electron chi connectivity index (χ1n) is 10.1. The Labute approximate surface area is 166 Å². The predicted molar refractivity (Wildman–Crippen MR) is 111 cm³/mol. The van der Waals surface area contributed by atoms with Gasteiger partial charge >= 0.3 is 0 Å². The number of benzene rings is 2. The molecular formula is C23H28N2O3. The number of carbonyl (C=O) groups excluding carboxylic acids is 2. The van der Waals surface area contributed by atoms with Crippen LogP contribution in [0.3, 0.4) is 0 Å². The number of likely N-dealkylation sites (N-methyl/N-ethyl adjacent to an activating group) is 1. The molecule has 0 aromatic heterocycles. The van der Waals surface area contributed by atoms with Crippen molar-refractivity contribution in [3.05, 3.63) is 60.2 Å². The summed E-state index contributed by atoms with van der Waals surface area (Å²) in [6.07, 6.45) is 5.82. The summed E-state index contributed by atoms with van der Waals surface area (Å²) in [7, 11) is 0. The summed E-state index contributed by atoms with van der Waals surface area (Å²) in [4.78, 5) is 26.9. The molecule has 2 aromatic rings. The molecule has 2 aromatic carbocycles. The van der Waals surface area contributed by atoms with E-state index in [0.717, 1.165) is 12.8 Å². The fraction of sp³-hybridized carbons (Fsp3) is 0.391. The van der Waals surface area contributed by atoms with E-state index in [1.165, 1.54) is 19.3 Å². The summed E-state index contributed by atoms with van der Waals surface area (Å²) in [6.45, 7) is 2.74. The van der Waals surface area contributed by atoms with Gasteiger partial charge in [-0.05, 0) is 44.0 Å². The molecule has 1 fully saturated rings. The topological polar surface area (TPSA) is 58.6 Å². The van der Waals surface area contributed by atoms with Crippen LogP contribution in [0.2, 0.25) is 0 Å². The van der Waals surface area contributed by atoms with Crippen LogP contribution in [0.4, 0.5) is 5.69 Å². The average molecular weight is 380 g/mol. The van der Waals surface area contributed by atoms with Crippen molar-refractivity contribution in [1.29, 1.82) is 0 Å². The van der Waals surface area contributed by atoms with Crippen molar-refractivity contribution in [3.8, 4) is 5.75 Å². The van der Waals surface area contributed by atoms with Crippen molar-refractivity contribution in [3.63, 3.8) is 0 Å². The fourth-order valence-corrected chi connectivity index (χ4v) is 3.72. The van der Waals surface area contributed by atoms with Gasteiger partial charge in [-0.3, -0.25) is 9.59 Å². The molecule has 148 valence electrons. The molecule has 1 N–H and O–H groups in total. The molecule has 2 amide bonds. The Hall–Kier alpha value is -2.82. The zero-order valence-corrected chi connectivity index (χ0v) is 16.4. The number of nitrogens with zero attached hydrogens (tertiary/aromatic N) is 1. The number of hydrogen-bond acceptors (Lipinski definition) is 3. The Kier molecular flexibility index (Phi) is 7.06. The smallest absolute Gasteiger partial charge is 0.260 e. The van der Waals surface area contributed by atoms with Gasteiger partial charge in [0.2, 0.25) is 0 Å². The van der Waals surface area contributed by atoms with E-state index in [-0.39, 0.29) is 18.4 Å². The second-order valence-electron chi connectivity index (χ2n) is 7.11. The first kappa shape index (κ1) is 19.9. The second-order valence-corrected chi connectivity index (χ2v) is 7.11. The SMILES string of the molecule is CCN(C(=O)COc1cccc(NC(=O)c2ccccc2)c1)C1CCCCC1. The van der Waals surface area contributed by atoms with E-state index in [1.54, 1.807) is 36.4 Å². The summed E-state index contributed by atoms with van der Waals surface area (Å²) >= 11 is 0. The third-order valence-corrected chi connectivity index (χ3v) is 5.17. The Bertz CT molecular complexity index is 785. The maximum atomic E-state index is 12.6. The Morgan fingerprint density at radius 3 is 2.50 bits per heavy atom. The number of hydrogen-bond donors (Lipinski definition) is 1. The highest BCUT2D eigenvalue weighted by Gasteiger charge is 2.24. The molecule has 0 aliphatic heterocycles. The maximum absolute atomic E-state index is 12.6. The van der Waals surface area contributed by atoms with Gasteiger partial charge in [-0.25, -0.2) is 0 Å². The summed E-state index contributed by atoms with van der Waals surface area (Å²) < 4.78 is 5.73. The number of nitrogens with one attached hydrogen (secondary N) is 1. The normalized spacial score (nSPS) is 14.3. The molecule has 0 bridgehead atoms. The summed E-state index contributed by atoms with van der Waals surface area (Å²) in [6, 6.07) is 16.5. The standard InChI is InChI=1S/C23H28N2O3/c1-2-25(20-13-7-4-8-14-20)22(26)17-28-21-15-9-12-19(16-21)24-23(27)18-10-5-3-6-11-18/h3,5-6,9-12,15-16,20H,2,4,7-8,13-14,17H2,1H3,(H,24,27). The van der Waals surface area contributed by atoms with Gasteiger partial charge in [-0.2, -0.15) is 0 Å². The minimum atomic E-state index is -0.178. The van der Waals surface area contributed by atoms with Crippen molar-refractivity contribution in [2.45, 2.75) is 45.1 Å². The summed E-state index contributed by atoms with van der Waals surface area (Å²) in [5.74, 6) is 0.412. The highest BCUT2D eigenvalue weighted by Crippen LogP contribution is 2.23. The van der Waals surface area contributed by atoms with Crippen molar-refractivity contribution in [1.82, 2.24) is 4.90 Å². The molecular weight excluding hydrogens is 352 g/mol. The van der Waals surface area contributed by atoms with E-state index < -0.39 is 0 Å². The first-order valence-corrected chi connectivity index (χ1v) is 10.1. The molecule has 0 heterocycles. The predicted octanol–water partition coefficient (Wildman–Crippen LogP) is 4.50. The molecule has 5 nitrogen and oxygen atoms in total. The van der Waals surface area contributed by atoms with Crippen molar-refractivity contribution in [2.75, 3.05) is 18.5 Å². The van der Waals surface area contributed by atoms with Crippen LogP contribution in [0.25, 0.3) is 0 Å². The highest BCUT2D eigenvalue weighted by molar-refractivity contribution is 6.04. The second kappa shape index (κ2) is 9.93. The Morgan fingerprint density at radius 1 is 1.04 bits per heavy atom. The van der Waals surface area contributed by atoms with Gasteiger partial charge in [-0.15, -0.1) is 0 Å². The Morgan fingerprint density at radius 2 is 1.79 bits per heavy atom. The van der Waals surface area contributed by atoms with Crippen molar-refractivity contribution < 1.29 is 14.3 Å². The van der Waals surface area contributed by atoms with Crippen LogP contribution in [0, 0.1) is 0 Å². The number of ether oxygens (including phenoxy) is 1. The minimum Gasteiger partial charge on any atom is -0.484 e. The lowest BCUT2D eigenvalue weighted by Crippen LogP contribution is -2.43. The number of rotatable bonds is 7. The quantitative estimate of drug-likeness (QED) is 0.769. The zero-order valence-electron chi connectivity index (χ0n) is 16.4. The molecule has 3 rings (SSSR count). The van der Waals surface area contributed by atoms with Gasteiger partial charge in [0.05, 0.1) is 0 Å². The third kappa shape index (κ3) is 5.35. The summed E-state index contributed by atoms with van der Waals surface area (Å²) in [5.41, 5.74) is 1.23. The highest BCUT2D eigenvalue weighted by atomic mass is 16.5. The molecule has 1 aliphatic carbocycles. The van der Waals surface area contributed by atoms with Gasteiger partial charge < -0.3 is 15.0 Å². The molecule has 0 spiro atoms. The van der Waals surface area contributed by atoms with Crippen LogP contribution >= 0.6 is 0 Å². The molecule has 1 aliphatic rings. The third-order valence-electron chi connectivity index (χ3n) is 5.17. The number of carbonyl (C=O) groups is 2. The van der Waals surface area contributed by atoms with Crippen LogP contribution in [-0.4, -0.2) is 35.9 Å². The molecule has 0 unspecified atom stereocenters. The average Bonchev–Trinajstić information content (AvgIpc) is 2.74. The molecule has 0 atom stereocenters. The fourth-order valence-electron chi connectivity index (χ4n) is 3.72. The van der Waals surface area contributed by atoms with Crippen LogP contribution in [0.15, 0.2) is 54.6 Å². The van der Waals surface area contributed by atoms with E-state index in [2.05, 4.69) is 5.32 Å². The lowest BCUT2D eigenvalue weighted by atomic mass is 9.94. The first-order chi connectivity index (χ1) is 13.7. The lowest BCUT2D eigenvalue weighted by Gasteiger charge is -2.33. The maximum Gasteiger partial charge on any atom is 0.260 e. The van der Waals surface area contributed by atoms with Gasteiger partial charge in [0.25, 0.3) is 11.8 Å². The Balaban J connectivity index is 1.56. The molecule has 1 saturated carbocycles. The lowest BCUT2D eigenvalue weighted by molar-refractivity contribution is -0.136. The van der Waals surface area contributed by atoms with E-state index in [1.807, 2.05) is 30.0 Å². The minimum absolute atomic E-state index is 0.0143. The van der Waals surface area contributed by atoms with Gasteiger partial charge in [-0.1, -0.05) is 43.5 Å². The number of amides is 2. The zero-order chi connectivity index (χ0) is 19.8. The van der Waals surface area contributed by atoms with Crippen LogP contribution in [0.1, 0.15) is 49.4 Å². The van der Waals surface area contributed by atoms with Crippen molar-refractivity contribution >= 4 is 17.5 Å². The van der Waals surface area contributed by atoms with E-state index >= 15 is 0 Å². The summed E-state index contributed by atoms with van der Waals surface area (Å²) in [5, 5.41) is 2.86. The molecule has 0 saturated heterocycles. The van der Waals surface area contributed by atoms with Crippen LogP contribution in [-0.2, 0) is 4.79 Å². The number of anilines is 1. The van der Waals surface area contributed by atoms with Crippen LogP contribution < -0.4 is 10.1 Å². The van der Waals surface area contributed by atoms with Gasteiger partial charge in [0.1, 0.15) is 5.75 Å². The van der Waals surface area contributed by atoms with E-state index in [0.29, 0.717) is 29.6 Å². The monoisotopic (exact) mass is 380 g/mol. The molecule has 0 radical (unpaired) electrons. The van der Waals surface area contributed by atoms with Gasteiger partial charge in [0.15, 0.2) is 6.61 Å². The molecule has 28 heavy (non-hydrogen) atoms. The van der Waals surface area contributed by atoms with E-state index in [4.69, 9.17) is 4.74 Å². The largest absolute Gasteiger partial charge is 0.484 e. The van der Waals surface area contributed by atoms with Gasteiger partial charge in [0, 0.05) is 29.9 Å². The van der Waals surface area contributed by atoms with E-state index in [9.17, 15) is 9.59 Å². The van der Waals surface area contributed by atoms with Crippen LogP contribution in [0.5, 0.6) is 5.75 Å². The molecule has 5 heteroatoms.